The molecule has 0 spiro atoms. The zero-order valence-electron chi connectivity index (χ0n) is 17.4. The molecule has 0 unspecified atom stereocenters. The average molecular weight is 431 g/mol. The van der Waals surface area contributed by atoms with E-state index in [0.29, 0.717) is 0 Å². The smallest absolute Gasteiger partial charge is 0.403 e. The third kappa shape index (κ3) is 6.73. The van der Waals surface area contributed by atoms with Crippen molar-refractivity contribution in [3.63, 3.8) is 0 Å². The third-order valence-corrected chi connectivity index (χ3v) is 10.7. The highest BCUT2D eigenvalue weighted by atomic mass is 28.3. The van der Waals surface area contributed by atoms with Crippen molar-refractivity contribution in [2.24, 2.45) is 11.8 Å². The van der Waals surface area contributed by atoms with Gasteiger partial charge in [-0.05, 0) is 61.1 Å². The summed E-state index contributed by atoms with van der Waals surface area (Å²) in [5.41, 5.74) is 0.808. The van der Waals surface area contributed by atoms with Crippen LogP contribution >= 0.6 is 0 Å². The van der Waals surface area contributed by atoms with Crippen LogP contribution in [-0.4, -0.2) is 15.2 Å². The lowest BCUT2D eigenvalue weighted by molar-refractivity contribution is -0.275. The highest BCUT2D eigenvalue weighted by Crippen LogP contribution is 2.44. The van der Waals surface area contributed by atoms with Crippen LogP contribution in [0, 0.1) is 17.7 Å². The van der Waals surface area contributed by atoms with E-state index in [4.69, 9.17) is 0 Å². The monoisotopic (exact) mass is 430 g/mol. The fraction of sp³-hybridized carbons (Fsp3) is 0.739. The first-order valence-electron chi connectivity index (χ1n) is 11.4. The molecular formula is C23H34F4OSi. The van der Waals surface area contributed by atoms with Crippen molar-refractivity contribution in [1.82, 2.24) is 0 Å². The Bertz CT molecular complexity index is 632. The summed E-state index contributed by atoms with van der Waals surface area (Å²) < 4.78 is 54.7. The van der Waals surface area contributed by atoms with Crippen LogP contribution in [0.5, 0.6) is 5.75 Å². The van der Waals surface area contributed by atoms with Crippen molar-refractivity contribution in [2.45, 2.75) is 95.1 Å². The molecule has 29 heavy (non-hydrogen) atoms. The second kappa shape index (κ2) is 10.3. The molecule has 1 nitrogen and oxygen atoms in total. The van der Waals surface area contributed by atoms with Crippen molar-refractivity contribution in [3.05, 3.63) is 29.6 Å². The van der Waals surface area contributed by atoms with Gasteiger partial charge in [-0.1, -0.05) is 63.2 Å². The molecule has 0 atom stereocenters. The minimum atomic E-state index is -4.86. The molecule has 164 valence electrons. The van der Waals surface area contributed by atoms with Crippen LogP contribution in [0.1, 0.15) is 76.2 Å². The van der Waals surface area contributed by atoms with Gasteiger partial charge >= 0.3 is 6.36 Å². The van der Waals surface area contributed by atoms with Gasteiger partial charge in [0.2, 0.25) is 0 Å². The van der Waals surface area contributed by atoms with Crippen molar-refractivity contribution in [3.8, 4) is 5.75 Å². The lowest BCUT2D eigenvalue weighted by atomic mass is 9.72. The molecule has 0 radical (unpaired) electrons. The van der Waals surface area contributed by atoms with Gasteiger partial charge in [-0.2, -0.15) is 0 Å². The molecule has 0 amide bonds. The Balaban J connectivity index is 1.45. The number of unbranched alkanes of at least 4 members (excludes halogenated alkanes) is 2. The molecule has 1 aliphatic heterocycles. The van der Waals surface area contributed by atoms with Crippen LogP contribution in [-0.2, 0) is 0 Å². The normalized spacial score (nSPS) is 28.3. The fourth-order valence-corrected chi connectivity index (χ4v) is 9.06. The molecule has 0 N–H and O–H groups in total. The Morgan fingerprint density at radius 3 is 2.21 bits per heavy atom. The maximum absolute atomic E-state index is 14.0. The van der Waals surface area contributed by atoms with Crippen molar-refractivity contribution < 1.29 is 22.3 Å². The van der Waals surface area contributed by atoms with E-state index in [2.05, 4.69) is 11.7 Å². The first-order valence-corrected chi connectivity index (χ1v) is 13.9. The molecule has 6 heteroatoms. The Kier molecular flexibility index (Phi) is 8.05. The summed E-state index contributed by atoms with van der Waals surface area (Å²) in [5.74, 6) is 0.239. The van der Waals surface area contributed by atoms with E-state index in [0.717, 1.165) is 36.3 Å². The van der Waals surface area contributed by atoms with Crippen LogP contribution in [0.2, 0.25) is 18.1 Å². The van der Waals surface area contributed by atoms with Gasteiger partial charge in [-0.15, -0.1) is 13.2 Å². The molecular weight excluding hydrogens is 396 g/mol. The number of hydrogen-bond donors (Lipinski definition) is 0. The van der Waals surface area contributed by atoms with Crippen molar-refractivity contribution in [2.75, 3.05) is 0 Å². The molecule has 2 aliphatic rings. The molecule has 1 saturated heterocycles. The van der Waals surface area contributed by atoms with E-state index in [1.54, 1.807) is 6.07 Å². The quantitative estimate of drug-likeness (QED) is 0.243. The molecule has 0 bridgehead atoms. The van der Waals surface area contributed by atoms with E-state index < -0.39 is 26.7 Å². The summed E-state index contributed by atoms with van der Waals surface area (Å²) in [4.78, 5) is 0. The predicted octanol–water partition coefficient (Wildman–Crippen LogP) is 7.83. The summed E-state index contributed by atoms with van der Waals surface area (Å²) in [6, 6.07) is 8.52. The Morgan fingerprint density at radius 2 is 1.62 bits per heavy atom. The van der Waals surface area contributed by atoms with E-state index in [-0.39, 0.29) is 5.92 Å². The zero-order chi connectivity index (χ0) is 20.9. The topological polar surface area (TPSA) is 9.23 Å². The third-order valence-electron chi connectivity index (χ3n) is 7.20. The van der Waals surface area contributed by atoms with E-state index in [1.807, 2.05) is 0 Å². The van der Waals surface area contributed by atoms with Crippen LogP contribution in [0.15, 0.2) is 18.2 Å². The summed E-state index contributed by atoms with van der Waals surface area (Å²) in [6.07, 6.45) is 6.46. The first kappa shape index (κ1) is 22.6. The van der Waals surface area contributed by atoms with Crippen LogP contribution in [0.3, 0.4) is 0 Å². The van der Waals surface area contributed by atoms with Gasteiger partial charge in [0.25, 0.3) is 0 Å². The Morgan fingerprint density at radius 1 is 0.966 bits per heavy atom. The molecule has 2 fully saturated rings. The molecule has 0 aromatic heterocycles. The van der Waals surface area contributed by atoms with Gasteiger partial charge in [0.1, 0.15) is 0 Å². The largest absolute Gasteiger partial charge is 0.573 e. The highest BCUT2D eigenvalue weighted by Gasteiger charge is 2.34. The molecule has 3 rings (SSSR count). The number of halogens is 4. The zero-order valence-corrected chi connectivity index (χ0v) is 18.6. The van der Waals surface area contributed by atoms with E-state index in [9.17, 15) is 17.6 Å². The number of benzene rings is 1. The summed E-state index contributed by atoms with van der Waals surface area (Å²) in [6.45, 7) is 2.27. The van der Waals surface area contributed by atoms with Crippen LogP contribution in [0.25, 0.3) is 0 Å². The average Bonchev–Trinajstić information content (AvgIpc) is 2.69. The van der Waals surface area contributed by atoms with Gasteiger partial charge in [0.15, 0.2) is 11.6 Å². The summed E-state index contributed by atoms with van der Waals surface area (Å²) >= 11 is 0. The minimum Gasteiger partial charge on any atom is -0.403 e. The molecule has 1 aromatic rings. The number of alkyl halides is 3. The summed E-state index contributed by atoms with van der Waals surface area (Å²) in [7, 11) is -0.472. The highest BCUT2D eigenvalue weighted by molar-refractivity contribution is 6.58. The van der Waals surface area contributed by atoms with Gasteiger partial charge in [-0.3, -0.25) is 0 Å². The lowest BCUT2D eigenvalue weighted by Crippen LogP contribution is -2.28. The number of rotatable bonds is 7. The molecule has 1 saturated carbocycles. The molecule has 1 heterocycles. The Labute approximate surface area is 173 Å². The second-order valence-corrected chi connectivity index (χ2v) is 12.6. The second-order valence-electron chi connectivity index (χ2n) is 9.13. The molecule has 1 aromatic carbocycles. The fourth-order valence-electron chi connectivity index (χ4n) is 5.53. The van der Waals surface area contributed by atoms with Crippen LogP contribution < -0.4 is 4.74 Å². The predicted molar refractivity (Wildman–Crippen MR) is 112 cm³/mol. The number of ether oxygens (including phenoxy) is 1. The standard InChI is InChI=1S/C23H34F4OSi/c1-2-3-4-13-29-14-11-19(12-15-29)17-5-7-18(8-6-17)20-9-10-22(21(24)16-20)28-23(25,26)27/h9-10,16-19,29H,2-8,11-15H2,1H3. The van der Waals surface area contributed by atoms with Crippen molar-refractivity contribution >= 4 is 8.80 Å². The lowest BCUT2D eigenvalue weighted by Gasteiger charge is -2.37. The molecule has 1 aliphatic carbocycles. The van der Waals surface area contributed by atoms with Gasteiger partial charge in [0, 0.05) is 8.80 Å². The van der Waals surface area contributed by atoms with Crippen molar-refractivity contribution in [1.29, 1.82) is 0 Å². The summed E-state index contributed by atoms with van der Waals surface area (Å²) in [5, 5.41) is 0. The van der Waals surface area contributed by atoms with E-state index in [1.165, 1.54) is 69.1 Å². The minimum absolute atomic E-state index is 0.250. The Hall–Kier alpha value is -1.04. The first-order chi connectivity index (χ1) is 13.9. The maximum atomic E-state index is 14.0. The van der Waals surface area contributed by atoms with E-state index >= 15 is 0 Å². The number of hydrogen-bond acceptors (Lipinski definition) is 1. The van der Waals surface area contributed by atoms with Crippen LogP contribution in [0.4, 0.5) is 17.6 Å². The SMILES string of the molecule is CCCCC[SiH]1CCC(C2CCC(c3ccc(OC(F)(F)F)c(F)c3)CC2)CC1. The van der Waals surface area contributed by atoms with Gasteiger partial charge in [0.05, 0.1) is 0 Å². The van der Waals surface area contributed by atoms with Gasteiger partial charge in [-0.25, -0.2) is 4.39 Å². The van der Waals surface area contributed by atoms with Gasteiger partial charge < -0.3 is 4.74 Å². The maximum Gasteiger partial charge on any atom is 0.573 e.